The molecule has 0 aliphatic heterocycles. The Balaban J connectivity index is 1.53. The van der Waals surface area contributed by atoms with Crippen LogP contribution < -0.4 is 29.6 Å². The summed E-state index contributed by atoms with van der Waals surface area (Å²) in [4.78, 5) is 25.9. The first-order valence-corrected chi connectivity index (χ1v) is 14.7. The van der Waals surface area contributed by atoms with Gasteiger partial charge in [-0.15, -0.1) is 10.2 Å². The summed E-state index contributed by atoms with van der Waals surface area (Å²) < 4.78 is 23.2. The summed E-state index contributed by atoms with van der Waals surface area (Å²) in [5.41, 5.74) is 1.52. The minimum atomic E-state index is -0.410. The Morgan fingerprint density at radius 2 is 1.60 bits per heavy atom. The minimum Gasteiger partial charge on any atom is -0.494 e. The molecule has 1 heterocycles. The van der Waals surface area contributed by atoms with Crippen molar-refractivity contribution in [1.29, 1.82) is 0 Å². The van der Waals surface area contributed by atoms with Gasteiger partial charge < -0.3 is 29.6 Å². The number of nitrogens with zero attached hydrogens (tertiary/aromatic N) is 3. The first kappa shape index (κ1) is 31.8. The number of benzene rings is 3. The number of amides is 2. The van der Waals surface area contributed by atoms with Gasteiger partial charge in [-0.1, -0.05) is 35.0 Å². The van der Waals surface area contributed by atoms with Crippen molar-refractivity contribution in [1.82, 2.24) is 20.1 Å². The van der Waals surface area contributed by atoms with Gasteiger partial charge >= 0.3 is 0 Å². The second kappa shape index (κ2) is 14.9. The Labute approximate surface area is 262 Å². The van der Waals surface area contributed by atoms with Gasteiger partial charge in [-0.25, -0.2) is 0 Å². The molecule has 0 unspecified atom stereocenters. The second-order valence-corrected chi connectivity index (χ2v) is 10.5. The molecule has 11 nitrogen and oxygen atoms in total. The molecule has 0 saturated heterocycles. The van der Waals surface area contributed by atoms with Crippen LogP contribution in [-0.2, 0) is 11.3 Å². The van der Waals surface area contributed by atoms with Gasteiger partial charge in [-0.3, -0.25) is 14.2 Å². The van der Waals surface area contributed by atoms with E-state index in [1.54, 1.807) is 59.2 Å². The standard InChI is InChI=1S/C29H29Cl2N5O6S/c1-5-42-20-9-6-18(7-10-20)33-26(37)16-43-29-35-34-25(36(29)19-8-11-21(30)22(31)14-19)15-32-28(38)17-12-23(39-2)27(41-4)24(13-17)40-3/h6-14H,5,15-16H2,1-4H3,(H,32,38)(H,33,37). The van der Waals surface area contributed by atoms with E-state index in [1.807, 2.05) is 6.92 Å². The fourth-order valence-corrected chi connectivity index (χ4v) is 5.06. The average Bonchev–Trinajstić information content (AvgIpc) is 3.43. The molecular formula is C29H29Cl2N5O6S. The fraction of sp³-hybridized carbons (Fsp3) is 0.241. The number of methoxy groups -OCH3 is 3. The van der Waals surface area contributed by atoms with Crippen LogP contribution in [0.1, 0.15) is 23.1 Å². The van der Waals surface area contributed by atoms with E-state index >= 15 is 0 Å². The van der Waals surface area contributed by atoms with Crippen molar-refractivity contribution in [3.8, 4) is 28.7 Å². The molecule has 226 valence electrons. The number of anilines is 1. The molecule has 0 saturated carbocycles. The monoisotopic (exact) mass is 645 g/mol. The van der Waals surface area contributed by atoms with Crippen molar-refractivity contribution in [3.05, 3.63) is 76.0 Å². The zero-order valence-corrected chi connectivity index (χ0v) is 26.1. The molecule has 0 fully saturated rings. The predicted molar refractivity (Wildman–Crippen MR) is 166 cm³/mol. The van der Waals surface area contributed by atoms with Gasteiger partial charge in [0.15, 0.2) is 22.5 Å². The number of carbonyl (C=O) groups is 2. The third-order valence-corrected chi connectivity index (χ3v) is 7.65. The summed E-state index contributed by atoms with van der Waals surface area (Å²) in [5.74, 6) is 1.56. The number of ether oxygens (including phenoxy) is 4. The van der Waals surface area contributed by atoms with Crippen LogP contribution in [-0.4, -0.2) is 60.3 Å². The Morgan fingerprint density at radius 3 is 2.21 bits per heavy atom. The Bertz CT molecular complexity index is 1570. The maximum Gasteiger partial charge on any atom is 0.251 e. The number of aromatic nitrogens is 3. The van der Waals surface area contributed by atoms with Gasteiger partial charge in [0.1, 0.15) is 5.75 Å². The van der Waals surface area contributed by atoms with Crippen LogP contribution in [0, 0.1) is 0 Å². The van der Waals surface area contributed by atoms with Crippen molar-refractivity contribution in [3.63, 3.8) is 0 Å². The van der Waals surface area contributed by atoms with E-state index in [1.165, 1.54) is 33.1 Å². The number of rotatable bonds is 13. The highest BCUT2D eigenvalue weighted by atomic mass is 35.5. The number of hydrogen-bond donors (Lipinski definition) is 2. The summed E-state index contributed by atoms with van der Waals surface area (Å²) in [5, 5.41) is 15.4. The lowest BCUT2D eigenvalue weighted by molar-refractivity contribution is -0.113. The van der Waals surface area contributed by atoms with Gasteiger partial charge in [0.2, 0.25) is 11.7 Å². The molecule has 0 aliphatic carbocycles. The van der Waals surface area contributed by atoms with Crippen LogP contribution in [0.3, 0.4) is 0 Å². The van der Waals surface area contributed by atoms with Gasteiger partial charge in [0.25, 0.3) is 5.91 Å². The summed E-state index contributed by atoms with van der Waals surface area (Å²) >= 11 is 13.6. The van der Waals surface area contributed by atoms with Crippen LogP contribution in [0.25, 0.3) is 5.69 Å². The van der Waals surface area contributed by atoms with E-state index in [2.05, 4.69) is 20.8 Å². The normalized spacial score (nSPS) is 10.7. The van der Waals surface area contributed by atoms with Crippen molar-refractivity contribution >= 4 is 52.5 Å². The Morgan fingerprint density at radius 1 is 0.907 bits per heavy atom. The Hall–Kier alpha value is -4.13. The molecule has 0 atom stereocenters. The topological polar surface area (TPSA) is 126 Å². The molecule has 43 heavy (non-hydrogen) atoms. The fourth-order valence-electron chi connectivity index (χ4n) is 3.99. The molecule has 4 aromatic rings. The van der Waals surface area contributed by atoms with Crippen molar-refractivity contribution in [2.24, 2.45) is 0 Å². The van der Waals surface area contributed by atoms with Gasteiger partial charge in [0, 0.05) is 11.3 Å². The summed E-state index contributed by atoms with van der Waals surface area (Å²) in [6.45, 7) is 2.46. The molecule has 0 radical (unpaired) electrons. The molecule has 3 aromatic carbocycles. The number of halogens is 2. The van der Waals surface area contributed by atoms with E-state index in [9.17, 15) is 9.59 Å². The predicted octanol–water partition coefficient (Wildman–Crippen LogP) is 5.66. The summed E-state index contributed by atoms with van der Waals surface area (Å²) in [6.07, 6.45) is 0. The van der Waals surface area contributed by atoms with Gasteiger partial charge in [0.05, 0.1) is 56.0 Å². The van der Waals surface area contributed by atoms with Crippen LogP contribution >= 0.6 is 35.0 Å². The van der Waals surface area contributed by atoms with Gasteiger partial charge in [-0.2, -0.15) is 0 Å². The quantitative estimate of drug-likeness (QED) is 0.177. The summed E-state index contributed by atoms with van der Waals surface area (Å²) in [7, 11) is 4.42. The van der Waals surface area contributed by atoms with Crippen LogP contribution in [0.2, 0.25) is 10.0 Å². The lowest BCUT2D eigenvalue weighted by Crippen LogP contribution is -2.25. The summed E-state index contributed by atoms with van der Waals surface area (Å²) in [6, 6.07) is 15.2. The largest absolute Gasteiger partial charge is 0.494 e. The molecule has 2 amide bonds. The first-order chi connectivity index (χ1) is 20.8. The highest BCUT2D eigenvalue weighted by Crippen LogP contribution is 2.38. The maximum atomic E-state index is 13.1. The minimum absolute atomic E-state index is 0.00166. The Kier molecular flexibility index (Phi) is 11.0. The molecule has 14 heteroatoms. The van der Waals surface area contributed by atoms with Crippen molar-refractivity contribution < 1.29 is 28.5 Å². The number of nitrogens with one attached hydrogen (secondary N) is 2. The van der Waals surface area contributed by atoms with E-state index < -0.39 is 5.91 Å². The highest BCUT2D eigenvalue weighted by Gasteiger charge is 2.20. The second-order valence-electron chi connectivity index (χ2n) is 8.72. The van der Waals surface area contributed by atoms with Crippen LogP contribution in [0.4, 0.5) is 5.69 Å². The highest BCUT2D eigenvalue weighted by molar-refractivity contribution is 7.99. The first-order valence-electron chi connectivity index (χ1n) is 12.9. The van der Waals surface area contributed by atoms with E-state index in [-0.39, 0.29) is 23.8 Å². The molecule has 4 rings (SSSR count). The average molecular weight is 647 g/mol. The van der Waals surface area contributed by atoms with E-state index in [0.717, 1.165) is 5.75 Å². The third-order valence-electron chi connectivity index (χ3n) is 5.98. The lowest BCUT2D eigenvalue weighted by Gasteiger charge is -2.14. The smallest absolute Gasteiger partial charge is 0.251 e. The number of thioether (sulfide) groups is 1. The third kappa shape index (κ3) is 7.83. The van der Waals surface area contributed by atoms with Crippen LogP contribution in [0.15, 0.2) is 59.8 Å². The zero-order chi connectivity index (χ0) is 30.9. The molecule has 0 spiro atoms. The number of carbonyl (C=O) groups excluding carboxylic acids is 2. The SMILES string of the molecule is CCOc1ccc(NC(=O)CSc2nnc(CNC(=O)c3cc(OC)c(OC)c(OC)c3)n2-c2ccc(Cl)c(Cl)c2)cc1. The molecule has 0 bridgehead atoms. The molecule has 2 N–H and O–H groups in total. The van der Waals surface area contributed by atoms with Gasteiger partial charge in [-0.05, 0) is 61.5 Å². The van der Waals surface area contributed by atoms with Crippen molar-refractivity contribution in [2.75, 3.05) is 39.0 Å². The zero-order valence-electron chi connectivity index (χ0n) is 23.8. The molecular weight excluding hydrogens is 617 g/mol. The molecule has 1 aromatic heterocycles. The van der Waals surface area contributed by atoms with Crippen molar-refractivity contribution in [2.45, 2.75) is 18.6 Å². The maximum absolute atomic E-state index is 13.1. The molecule has 0 aliphatic rings. The number of hydrogen-bond acceptors (Lipinski definition) is 9. The van der Waals surface area contributed by atoms with E-state index in [0.29, 0.717) is 56.3 Å². The van der Waals surface area contributed by atoms with Crippen LogP contribution in [0.5, 0.6) is 23.0 Å². The lowest BCUT2D eigenvalue weighted by atomic mass is 10.1. The van der Waals surface area contributed by atoms with E-state index in [4.69, 9.17) is 42.1 Å².